The van der Waals surface area contributed by atoms with Gasteiger partial charge in [0.25, 0.3) is 0 Å². The summed E-state index contributed by atoms with van der Waals surface area (Å²) in [6.07, 6.45) is 1.14. The third-order valence-corrected chi connectivity index (χ3v) is 18.3. The third kappa shape index (κ3) is 11.5. The van der Waals surface area contributed by atoms with Crippen LogP contribution in [0.4, 0.5) is 5.69 Å². The van der Waals surface area contributed by atoms with Gasteiger partial charge in [-0.2, -0.15) is 0 Å². The van der Waals surface area contributed by atoms with Crippen LogP contribution in [0.1, 0.15) is 13.3 Å². The Morgan fingerprint density at radius 3 is 2.39 bits per heavy atom. The van der Waals surface area contributed by atoms with Crippen LogP contribution in [0, 0.1) is 0 Å². The molecule has 13 heteroatoms. The Balaban J connectivity index is 2.84. The van der Waals surface area contributed by atoms with E-state index in [9.17, 15) is 18.2 Å². The molecule has 1 unspecified atom stereocenters. The summed E-state index contributed by atoms with van der Waals surface area (Å²) < 4.78 is 38.6. The summed E-state index contributed by atoms with van der Waals surface area (Å²) >= 11 is -0.451. The van der Waals surface area contributed by atoms with Crippen LogP contribution in [0.5, 0.6) is 0 Å². The maximum absolute atomic E-state index is 11.0. The van der Waals surface area contributed by atoms with Gasteiger partial charge in [0.1, 0.15) is 0 Å². The Hall–Kier alpha value is 0.378. The Morgan fingerprint density at radius 1 is 1.14 bits per heavy atom. The number of quaternary nitrogens is 1. The van der Waals surface area contributed by atoms with Crippen LogP contribution in [-0.4, -0.2) is 68.0 Å². The third-order valence-electron chi connectivity index (χ3n) is 3.32. The quantitative estimate of drug-likeness (QED) is 0.0757. The van der Waals surface area contributed by atoms with Crippen molar-refractivity contribution in [2.24, 2.45) is 0 Å². The molecule has 0 saturated carbocycles. The Kier molecular flexibility index (Phi) is 14.4. The molecule has 0 radical (unpaired) electrons. The van der Waals surface area contributed by atoms with E-state index < -0.39 is 28.2 Å². The molecule has 1 atom stereocenters. The molecule has 0 bridgehead atoms. The molecule has 0 heterocycles. The molecule has 8 nitrogen and oxygen atoms in total. The van der Waals surface area contributed by atoms with Gasteiger partial charge in [0.05, 0.1) is 0 Å². The predicted molar refractivity (Wildman–Crippen MR) is 116 cm³/mol. The average Bonchev–Trinajstić information content (AvgIpc) is 2.67. The molecule has 1 aromatic rings. The molecule has 0 aliphatic rings. The zero-order chi connectivity index (χ0) is 20.8. The number of rotatable bonds is 16. The summed E-state index contributed by atoms with van der Waals surface area (Å²) in [5.41, 5.74) is 4.75. The van der Waals surface area contributed by atoms with Crippen LogP contribution in [-0.2, 0) is 19.5 Å². The minimum absolute atomic E-state index is 0.0756. The molecule has 0 fully saturated rings. The number of nitrogens with zero attached hydrogens (tertiary/aromatic N) is 1. The number of anilines is 1. The number of benzene rings is 1. The van der Waals surface area contributed by atoms with Gasteiger partial charge in [0.2, 0.25) is 0 Å². The molecule has 3 N–H and O–H groups in total. The fourth-order valence-electron chi connectivity index (χ4n) is 2.09. The van der Waals surface area contributed by atoms with E-state index in [1.165, 1.54) is 4.35 Å². The van der Waals surface area contributed by atoms with E-state index in [-0.39, 0.29) is 6.54 Å². The van der Waals surface area contributed by atoms with E-state index in [0.717, 1.165) is 42.2 Å². The number of hydrogen-bond donors (Lipinski definition) is 1. The van der Waals surface area contributed by atoms with E-state index in [1.54, 1.807) is 4.90 Å². The molecule has 0 amide bonds. The zero-order valence-corrected chi connectivity index (χ0v) is 20.8. The van der Waals surface area contributed by atoms with Crippen LogP contribution >= 0.6 is 32.1 Å². The van der Waals surface area contributed by atoms with Crippen molar-refractivity contribution in [1.82, 2.24) is 0 Å². The molecular weight excluding hydrogens is 507 g/mol. The SMILES string of the molecule is CCCS[As](SCC[NH3+])c1ccc(N(CCSOO[O-])CCS(=O)(=O)[O-])cc1. The summed E-state index contributed by atoms with van der Waals surface area (Å²) in [5.74, 6) is 2.08. The molecule has 28 heavy (non-hydrogen) atoms. The van der Waals surface area contributed by atoms with E-state index in [4.69, 9.17) is 0 Å². The van der Waals surface area contributed by atoms with Crippen molar-refractivity contribution in [2.75, 3.05) is 47.5 Å². The van der Waals surface area contributed by atoms with Gasteiger partial charge in [-0.3, -0.25) is 0 Å². The molecular formula is C15H26AsN2O6S4-. The Labute approximate surface area is 182 Å². The van der Waals surface area contributed by atoms with Crippen LogP contribution in [0.3, 0.4) is 0 Å². The second kappa shape index (κ2) is 15.2. The van der Waals surface area contributed by atoms with E-state index in [2.05, 4.69) is 34.2 Å². The van der Waals surface area contributed by atoms with E-state index >= 15 is 0 Å². The normalized spacial score (nSPS) is 12.9. The van der Waals surface area contributed by atoms with Crippen LogP contribution in [0.2, 0.25) is 0 Å². The second-order valence-corrected chi connectivity index (χ2v) is 19.5. The molecule has 0 aromatic heterocycles. The monoisotopic (exact) mass is 533 g/mol. The van der Waals surface area contributed by atoms with E-state index in [1.807, 2.05) is 32.2 Å². The van der Waals surface area contributed by atoms with Gasteiger partial charge in [0.15, 0.2) is 0 Å². The van der Waals surface area contributed by atoms with Crippen molar-refractivity contribution < 1.29 is 33.3 Å². The fourth-order valence-corrected chi connectivity index (χ4v) is 15.9. The first kappa shape index (κ1) is 26.4. The van der Waals surface area contributed by atoms with Gasteiger partial charge in [-0.1, -0.05) is 0 Å². The Bertz CT molecular complexity index is 630. The molecule has 162 valence electrons. The van der Waals surface area contributed by atoms with Gasteiger partial charge >= 0.3 is 183 Å². The van der Waals surface area contributed by atoms with E-state index in [0.29, 0.717) is 12.3 Å². The molecule has 0 saturated heterocycles. The van der Waals surface area contributed by atoms with Gasteiger partial charge in [-0.05, 0) is 0 Å². The molecule has 1 aromatic carbocycles. The molecule has 1 rings (SSSR count). The minimum atomic E-state index is -4.31. The summed E-state index contributed by atoms with van der Waals surface area (Å²) in [4.78, 5) is 1.79. The van der Waals surface area contributed by atoms with Gasteiger partial charge in [-0.15, -0.1) is 0 Å². The van der Waals surface area contributed by atoms with Crippen molar-refractivity contribution in [3.63, 3.8) is 0 Å². The summed E-state index contributed by atoms with van der Waals surface area (Å²) in [7, 11) is -0.259. The number of hydrogen-bond acceptors (Lipinski definition) is 10. The first-order chi connectivity index (χ1) is 13.4. The molecule has 0 aliphatic carbocycles. The fraction of sp³-hybridized carbons (Fsp3) is 0.600. The Morgan fingerprint density at radius 2 is 1.82 bits per heavy atom. The van der Waals surface area contributed by atoms with Crippen LogP contribution in [0.15, 0.2) is 24.3 Å². The van der Waals surface area contributed by atoms with Crippen LogP contribution < -0.4 is 20.2 Å². The summed E-state index contributed by atoms with van der Waals surface area (Å²) in [6.45, 7) is 3.57. The maximum atomic E-state index is 11.0. The van der Waals surface area contributed by atoms with Crippen molar-refractivity contribution in [3.05, 3.63) is 24.3 Å². The topological polar surface area (TPSA) is 130 Å². The summed E-state index contributed by atoms with van der Waals surface area (Å²) in [6, 6.07) is 8.11. The second-order valence-electron chi connectivity index (χ2n) is 5.50. The summed E-state index contributed by atoms with van der Waals surface area (Å²) in [5, 5.41) is 13.2. The van der Waals surface area contributed by atoms with Crippen molar-refractivity contribution in [2.45, 2.75) is 13.3 Å². The first-order valence-electron chi connectivity index (χ1n) is 8.63. The van der Waals surface area contributed by atoms with Gasteiger partial charge in [0, 0.05) is 0 Å². The first-order valence-corrected chi connectivity index (χ1v) is 18.5. The standard InChI is InChI=1S/C15H27AsN2O6S4/c1-2-10-25-16(26-11-7-17)14-3-5-15(6-4-14)18(8-12-27-24-23-19)9-13-28(20,21)22/h3-6,19H,2,7-13,17H2,1H3,(H,20,21,22)/p-1. The van der Waals surface area contributed by atoms with Crippen molar-refractivity contribution >= 4 is 64.6 Å². The molecule has 0 spiro atoms. The predicted octanol–water partition coefficient (Wildman–Crippen LogP) is -0.277. The van der Waals surface area contributed by atoms with Crippen molar-refractivity contribution in [1.29, 1.82) is 0 Å². The molecule has 0 aliphatic heterocycles. The zero-order valence-electron chi connectivity index (χ0n) is 15.7. The average molecular weight is 534 g/mol. The van der Waals surface area contributed by atoms with Gasteiger partial charge in [-0.25, -0.2) is 0 Å². The van der Waals surface area contributed by atoms with Gasteiger partial charge < -0.3 is 0 Å². The van der Waals surface area contributed by atoms with Crippen molar-refractivity contribution in [3.8, 4) is 0 Å². The van der Waals surface area contributed by atoms with Crippen LogP contribution in [0.25, 0.3) is 0 Å².